The van der Waals surface area contributed by atoms with E-state index in [2.05, 4.69) is 0 Å². The van der Waals surface area contributed by atoms with Crippen LogP contribution in [0.4, 0.5) is 4.39 Å². The highest BCUT2D eigenvalue weighted by molar-refractivity contribution is 7.89. The van der Waals surface area contributed by atoms with E-state index in [0.717, 1.165) is 12.5 Å². The predicted octanol–water partition coefficient (Wildman–Crippen LogP) is 1.57. The van der Waals surface area contributed by atoms with E-state index < -0.39 is 21.9 Å². The minimum absolute atomic E-state index is 0.108. The zero-order chi connectivity index (χ0) is 14.2. The summed E-state index contributed by atoms with van der Waals surface area (Å²) in [6.45, 7) is 1.96. The van der Waals surface area contributed by atoms with E-state index in [0.29, 0.717) is 18.5 Å². The van der Waals surface area contributed by atoms with Crippen LogP contribution in [0.25, 0.3) is 0 Å². The van der Waals surface area contributed by atoms with Gasteiger partial charge < -0.3 is 5.73 Å². The second kappa shape index (κ2) is 5.15. The van der Waals surface area contributed by atoms with Crippen LogP contribution >= 0.6 is 12.2 Å². The van der Waals surface area contributed by atoms with Crippen molar-refractivity contribution in [1.29, 1.82) is 0 Å². The molecule has 0 spiro atoms. The van der Waals surface area contributed by atoms with Crippen LogP contribution in [0.2, 0.25) is 0 Å². The maximum absolute atomic E-state index is 13.1. The molecule has 4 nitrogen and oxygen atoms in total. The average molecular weight is 302 g/mol. The summed E-state index contributed by atoms with van der Waals surface area (Å²) in [7, 11) is -3.68. The minimum Gasteiger partial charge on any atom is -0.392 e. The number of nitrogens with zero attached hydrogens (tertiary/aromatic N) is 1. The summed E-state index contributed by atoms with van der Waals surface area (Å²) in [5.74, 6) is -0.455. The van der Waals surface area contributed by atoms with Crippen LogP contribution in [-0.2, 0) is 10.0 Å². The summed E-state index contributed by atoms with van der Waals surface area (Å²) in [6, 6.07) is 3.20. The molecule has 1 aliphatic rings. The lowest BCUT2D eigenvalue weighted by atomic mass is 10.2. The molecule has 1 aromatic carbocycles. The van der Waals surface area contributed by atoms with Crippen molar-refractivity contribution >= 4 is 27.2 Å². The number of benzene rings is 1. The van der Waals surface area contributed by atoms with E-state index >= 15 is 0 Å². The van der Waals surface area contributed by atoms with Gasteiger partial charge in [0.15, 0.2) is 0 Å². The first-order valence-corrected chi connectivity index (χ1v) is 7.76. The summed E-state index contributed by atoms with van der Waals surface area (Å²) in [4.78, 5) is 0.290. The molecule has 0 aromatic heterocycles. The third-order valence-electron chi connectivity index (χ3n) is 3.26. The fourth-order valence-electron chi connectivity index (χ4n) is 2.34. The summed E-state index contributed by atoms with van der Waals surface area (Å²) in [5, 5.41) is 0. The number of thiocarbonyl (C=S) groups is 1. The third-order valence-corrected chi connectivity index (χ3v) is 5.60. The summed E-state index contributed by atoms with van der Waals surface area (Å²) in [5.41, 5.74) is 5.97. The third kappa shape index (κ3) is 2.63. The standard InChI is InChI=1S/C12H15FN2O2S2/c1-8-7-9(13)4-5-11(8)19(16,17)15-6-2-3-10(15)12(14)18/h4-5,7,10H,2-3,6H2,1H3,(H2,14,18). The Kier molecular flexibility index (Phi) is 3.89. The Balaban J connectivity index is 2.45. The van der Waals surface area contributed by atoms with Crippen molar-refractivity contribution in [2.45, 2.75) is 30.7 Å². The Bertz CT molecular complexity index is 616. The second-order valence-electron chi connectivity index (χ2n) is 4.59. The zero-order valence-electron chi connectivity index (χ0n) is 10.5. The van der Waals surface area contributed by atoms with Gasteiger partial charge in [0.1, 0.15) is 5.82 Å². The van der Waals surface area contributed by atoms with Crippen LogP contribution in [0, 0.1) is 12.7 Å². The van der Waals surface area contributed by atoms with Crippen LogP contribution in [0.1, 0.15) is 18.4 Å². The molecule has 1 heterocycles. The Morgan fingerprint density at radius 1 is 1.53 bits per heavy atom. The molecular weight excluding hydrogens is 287 g/mol. The zero-order valence-corrected chi connectivity index (χ0v) is 12.1. The van der Waals surface area contributed by atoms with Crippen molar-refractivity contribution in [2.24, 2.45) is 5.73 Å². The summed E-state index contributed by atoms with van der Waals surface area (Å²) < 4.78 is 39.5. The van der Waals surface area contributed by atoms with Crippen LogP contribution in [-0.4, -0.2) is 30.3 Å². The first kappa shape index (κ1) is 14.4. The van der Waals surface area contributed by atoms with Crippen LogP contribution in [0.15, 0.2) is 23.1 Å². The number of hydrogen-bond donors (Lipinski definition) is 1. The highest BCUT2D eigenvalue weighted by Crippen LogP contribution is 2.28. The molecule has 1 aliphatic heterocycles. The number of nitrogens with two attached hydrogens (primary N) is 1. The molecule has 7 heteroatoms. The predicted molar refractivity (Wildman–Crippen MR) is 74.8 cm³/mol. The molecule has 0 saturated carbocycles. The van der Waals surface area contributed by atoms with Crippen molar-refractivity contribution in [3.05, 3.63) is 29.6 Å². The SMILES string of the molecule is Cc1cc(F)ccc1S(=O)(=O)N1CCCC1C(N)=S. The normalized spacial score (nSPS) is 20.6. The molecule has 104 valence electrons. The summed E-state index contributed by atoms with van der Waals surface area (Å²) >= 11 is 4.92. The lowest BCUT2D eigenvalue weighted by molar-refractivity contribution is 0.446. The topological polar surface area (TPSA) is 63.4 Å². The van der Waals surface area contributed by atoms with E-state index in [-0.39, 0.29) is 9.88 Å². The lowest BCUT2D eigenvalue weighted by Crippen LogP contribution is -2.42. The van der Waals surface area contributed by atoms with Gasteiger partial charge in [0.2, 0.25) is 10.0 Å². The van der Waals surface area contributed by atoms with Crippen LogP contribution in [0.5, 0.6) is 0 Å². The maximum Gasteiger partial charge on any atom is 0.243 e. The van der Waals surface area contributed by atoms with E-state index in [1.54, 1.807) is 6.92 Å². The Morgan fingerprint density at radius 2 is 2.21 bits per heavy atom. The molecule has 0 radical (unpaired) electrons. The molecular formula is C12H15FN2O2S2. The fourth-order valence-corrected chi connectivity index (χ4v) is 4.53. The smallest absolute Gasteiger partial charge is 0.243 e. The van der Waals surface area contributed by atoms with Crippen molar-refractivity contribution in [3.63, 3.8) is 0 Å². The molecule has 2 N–H and O–H groups in total. The molecule has 0 bridgehead atoms. The average Bonchev–Trinajstić information content (AvgIpc) is 2.77. The highest BCUT2D eigenvalue weighted by atomic mass is 32.2. The first-order chi connectivity index (χ1) is 8.84. The summed E-state index contributed by atoms with van der Waals surface area (Å²) in [6.07, 6.45) is 1.36. The maximum atomic E-state index is 13.1. The van der Waals surface area contributed by atoms with Gasteiger partial charge in [0, 0.05) is 6.54 Å². The monoisotopic (exact) mass is 302 g/mol. The van der Waals surface area contributed by atoms with Crippen LogP contribution < -0.4 is 5.73 Å². The second-order valence-corrected chi connectivity index (χ2v) is 6.92. The van der Waals surface area contributed by atoms with E-state index in [1.165, 1.54) is 16.4 Å². The molecule has 0 aliphatic carbocycles. The molecule has 1 aromatic rings. The van der Waals surface area contributed by atoms with Gasteiger partial charge in [-0.25, -0.2) is 12.8 Å². The van der Waals surface area contributed by atoms with Crippen LogP contribution in [0.3, 0.4) is 0 Å². The Morgan fingerprint density at radius 3 is 2.79 bits per heavy atom. The van der Waals surface area contributed by atoms with Crippen molar-refractivity contribution in [2.75, 3.05) is 6.54 Å². The number of aryl methyl sites for hydroxylation is 1. The van der Waals surface area contributed by atoms with E-state index in [4.69, 9.17) is 18.0 Å². The number of sulfonamides is 1. The van der Waals surface area contributed by atoms with Gasteiger partial charge in [-0.2, -0.15) is 4.31 Å². The first-order valence-electron chi connectivity index (χ1n) is 5.91. The molecule has 2 rings (SSSR count). The Labute approximate surface area is 117 Å². The van der Waals surface area contributed by atoms with E-state index in [1.807, 2.05) is 0 Å². The largest absolute Gasteiger partial charge is 0.392 e. The number of rotatable bonds is 3. The van der Waals surface area contributed by atoms with Gasteiger partial charge in [-0.15, -0.1) is 0 Å². The van der Waals surface area contributed by atoms with Gasteiger partial charge in [0.25, 0.3) is 0 Å². The molecule has 1 unspecified atom stereocenters. The van der Waals surface area contributed by atoms with Gasteiger partial charge in [-0.1, -0.05) is 12.2 Å². The molecule has 1 saturated heterocycles. The van der Waals surface area contributed by atoms with Gasteiger partial charge in [-0.3, -0.25) is 0 Å². The van der Waals surface area contributed by atoms with Crippen molar-refractivity contribution in [1.82, 2.24) is 4.31 Å². The highest BCUT2D eigenvalue weighted by Gasteiger charge is 2.37. The molecule has 19 heavy (non-hydrogen) atoms. The van der Waals surface area contributed by atoms with Gasteiger partial charge >= 0.3 is 0 Å². The number of halogens is 1. The van der Waals surface area contributed by atoms with Crippen molar-refractivity contribution in [3.8, 4) is 0 Å². The molecule has 1 atom stereocenters. The minimum atomic E-state index is -3.68. The fraction of sp³-hybridized carbons (Fsp3) is 0.417. The van der Waals surface area contributed by atoms with E-state index in [9.17, 15) is 12.8 Å². The quantitative estimate of drug-likeness (QED) is 0.861. The lowest BCUT2D eigenvalue weighted by Gasteiger charge is -2.23. The molecule has 1 fully saturated rings. The van der Waals surface area contributed by atoms with Gasteiger partial charge in [0.05, 0.1) is 15.9 Å². The molecule has 0 amide bonds. The van der Waals surface area contributed by atoms with Crippen molar-refractivity contribution < 1.29 is 12.8 Å². The number of hydrogen-bond acceptors (Lipinski definition) is 3. The Hall–Kier alpha value is -1.05. The van der Waals surface area contributed by atoms with Gasteiger partial charge in [-0.05, 0) is 43.5 Å².